The van der Waals surface area contributed by atoms with E-state index in [1.54, 1.807) is 22.8 Å². The highest BCUT2D eigenvalue weighted by Crippen LogP contribution is 2.33. The molecule has 6 heteroatoms. The minimum Gasteiger partial charge on any atom is -0.341 e. The van der Waals surface area contributed by atoms with Gasteiger partial charge in [-0.25, -0.2) is 0 Å². The van der Waals surface area contributed by atoms with Crippen LogP contribution < -0.4 is 9.80 Å². The van der Waals surface area contributed by atoms with Crippen LogP contribution in [0.1, 0.15) is 34.6 Å². The summed E-state index contributed by atoms with van der Waals surface area (Å²) in [6.07, 6.45) is 0.748. The Morgan fingerprint density at radius 3 is 2.22 bits per heavy atom. The fourth-order valence-corrected chi connectivity index (χ4v) is 3.45. The van der Waals surface area contributed by atoms with E-state index >= 15 is 0 Å². The molecule has 0 saturated carbocycles. The van der Waals surface area contributed by atoms with Gasteiger partial charge in [-0.1, -0.05) is 46.8 Å². The fourth-order valence-electron chi connectivity index (χ4n) is 3.45. The Labute approximate surface area is 162 Å². The maximum Gasteiger partial charge on any atom is 0.242 e. The van der Waals surface area contributed by atoms with Gasteiger partial charge in [0.05, 0.1) is 17.3 Å². The maximum atomic E-state index is 13.1. The Balaban J connectivity index is 2.34. The third-order valence-corrected chi connectivity index (χ3v) is 4.58. The van der Waals surface area contributed by atoms with Gasteiger partial charge in [0.1, 0.15) is 6.54 Å². The van der Waals surface area contributed by atoms with Crippen molar-refractivity contribution in [1.82, 2.24) is 4.90 Å². The van der Waals surface area contributed by atoms with Gasteiger partial charge in [-0.15, -0.1) is 0 Å². The first-order valence-corrected chi connectivity index (χ1v) is 9.64. The van der Waals surface area contributed by atoms with E-state index in [1.807, 2.05) is 23.1 Å². The second-order valence-corrected chi connectivity index (χ2v) is 8.16. The van der Waals surface area contributed by atoms with Gasteiger partial charge in [0.2, 0.25) is 18.2 Å². The summed E-state index contributed by atoms with van der Waals surface area (Å²) < 4.78 is 0. The number of para-hydroxylation sites is 2. The van der Waals surface area contributed by atoms with Crippen LogP contribution in [-0.2, 0) is 14.4 Å². The summed E-state index contributed by atoms with van der Waals surface area (Å²) in [6.45, 7) is 11.7. The van der Waals surface area contributed by atoms with Crippen molar-refractivity contribution in [2.24, 2.45) is 17.8 Å². The van der Waals surface area contributed by atoms with Crippen LogP contribution in [0.5, 0.6) is 0 Å². The molecule has 0 spiro atoms. The Morgan fingerprint density at radius 1 is 1.15 bits per heavy atom. The van der Waals surface area contributed by atoms with Crippen molar-refractivity contribution in [3.8, 4) is 0 Å². The predicted octanol–water partition coefficient (Wildman–Crippen LogP) is 2.77. The van der Waals surface area contributed by atoms with E-state index in [0.717, 1.165) is 6.41 Å². The summed E-state index contributed by atoms with van der Waals surface area (Å²) in [5.74, 6) is 0.133. The monoisotopic (exact) mass is 373 g/mol. The first-order valence-electron chi connectivity index (χ1n) is 9.64. The van der Waals surface area contributed by atoms with E-state index in [9.17, 15) is 14.4 Å². The minimum atomic E-state index is -0.376. The fraction of sp³-hybridized carbons (Fsp3) is 0.571. The number of nitrogens with zero attached hydrogens (tertiary/aromatic N) is 3. The van der Waals surface area contributed by atoms with E-state index in [2.05, 4.69) is 27.7 Å². The van der Waals surface area contributed by atoms with Crippen LogP contribution in [0, 0.1) is 17.8 Å². The lowest BCUT2D eigenvalue weighted by Gasteiger charge is -2.30. The highest BCUT2D eigenvalue weighted by molar-refractivity contribution is 6.05. The zero-order chi connectivity index (χ0) is 20.1. The average Bonchev–Trinajstić information content (AvgIpc) is 2.70. The van der Waals surface area contributed by atoms with Crippen molar-refractivity contribution in [2.75, 3.05) is 36.0 Å². The molecule has 27 heavy (non-hydrogen) atoms. The number of amides is 3. The maximum absolute atomic E-state index is 13.1. The van der Waals surface area contributed by atoms with Gasteiger partial charge >= 0.3 is 0 Å². The Hall–Kier alpha value is -2.37. The minimum absolute atomic E-state index is 0.00762. The SMILES string of the molecule is CC(C)CN(CC(C)C)C(=O)CN1C(=O)C(C)CN(C=O)c2ccccc21. The smallest absolute Gasteiger partial charge is 0.242 e. The van der Waals surface area contributed by atoms with E-state index in [-0.39, 0.29) is 24.3 Å². The summed E-state index contributed by atoms with van der Waals surface area (Å²) in [5, 5.41) is 0. The highest BCUT2D eigenvalue weighted by atomic mass is 16.2. The standard InChI is InChI=1S/C21H31N3O3/c1-15(2)10-22(11-16(3)4)20(26)13-24-19-9-7-6-8-18(19)23(14-25)12-17(5)21(24)27/h6-9,14-17H,10-13H2,1-5H3. The molecule has 1 aliphatic heterocycles. The van der Waals surface area contributed by atoms with Crippen molar-refractivity contribution in [3.63, 3.8) is 0 Å². The number of hydrogen-bond donors (Lipinski definition) is 0. The van der Waals surface area contributed by atoms with Gasteiger partial charge in [-0.3, -0.25) is 14.4 Å². The quantitative estimate of drug-likeness (QED) is 0.691. The van der Waals surface area contributed by atoms with Gasteiger partial charge < -0.3 is 14.7 Å². The number of anilines is 2. The molecule has 148 valence electrons. The van der Waals surface area contributed by atoms with E-state index in [1.165, 1.54) is 0 Å². The number of rotatable bonds is 7. The lowest BCUT2D eigenvalue weighted by atomic mass is 10.1. The molecule has 1 atom stereocenters. The Bertz CT molecular complexity index is 677. The molecule has 1 heterocycles. The molecule has 3 amide bonds. The second-order valence-electron chi connectivity index (χ2n) is 8.16. The number of carbonyl (C=O) groups is 3. The summed E-state index contributed by atoms with van der Waals surface area (Å²) >= 11 is 0. The van der Waals surface area contributed by atoms with Crippen LogP contribution in [-0.4, -0.2) is 49.3 Å². The third kappa shape index (κ3) is 5.08. The molecule has 0 saturated heterocycles. The zero-order valence-electron chi connectivity index (χ0n) is 17.0. The van der Waals surface area contributed by atoms with Gasteiger partial charge in [-0.2, -0.15) is 0 Å². The van der Waals surface area contributed by atoms with Gasteiger partial charge in [-0.05, 0) is 24.0 Å². The van der Waals surface area contributed by atoms with Crippen LogP contribution in [0.25, 0.3) is 0 Å². The van der Waals surface area contributed by atoms with Crippen LogP contribution in [0.15, 0.2) is 24.3 Å². The van der Waals surface area contributed by atoms with Crippen molar-refractivity contribution >= 4 is 29.6 Å². The van der Waals surface area contributed by atoms with Crippen molar-refractivity contribution in [3.05, 3.63) is 24.3 Å². The summed E-state index contributed by atoms with van der Waals surface area (Å²) in [5.41, 5.74) is 1.28. The van der Waals surface area contributed by atoms with Gasteiger partial charge in [0.15, 0.2) is 0 Å². The molecule has 0 N–H and O–H groups in total. The Kier molecular flexibility index (Phi) is 6.99. The third-order valence-electron chi connectivity index (χ3n) is 4.58. The number of carbonyl (C=O) groups excluding carboxylic acids is 3. The molecule has 0 bridgehead atoms. The molecule has 1 aliphatic rings. The second kappa shape index (κ2) is 9.02. The number of fused-ring (bicyclic) bond motifs is 1. The van der Waals surface area contributed by atoms with Crippen molar-refractivity contribution < 1.29 is 14.4 Å². The molecule has 0 radical (unpaired) electrons. The van der Waals surface area contributed by atoms with Crippen molar-refractivity contribution in [1.29, 1.82) is 0 Å². The average molecular weight is 373 g/mol. The topological polar surface area (TPSA) is 60.9 Å². The molecule has 1 unspecified atom stereocenters. The number of benzene rings is 1. The first kappa shape index (κ1) is 20.9. The summed E-state index contributed by atoms with van der Waals surface area (Å²) in [7, 11) is 0. The highest BCUT2D eigenvalue weighted by Gasteiger charge is 2.33. The summed E-state index contributed by atoms with van der Waals surface area (Å²) in [4.78, 5) is 42.5. The molecule has 0 aliphatic carbocycles. The van der Waals surface area contributed by atoms with E-state index < -0.39 is 0 Å². The zero-order valence-corrected chi connectivity index (χ0v) is 17.0. The lowest BCUT2D eigenvalue weighted by Crippen LogP contribution is -2.46. The summed E-state index contributed by atoms with van der Waals surface area (Å²) in [6, 6.07) is 7.26. The van der Waals surface area contributed by atoms with Gasteiger partial charge in [0.25, 0.3) is 0 Å². The van der Waals surface area contributed by atoms with Crippen LogP contribution >= 0.6 is 0 Å². The molecular weight excluding hydrogens is 342 g/mol. The molecule has 0 aromatic heterocycles. The first-order chi connectivity index (χ1) is 12.7. The van der Waals surface area contributed by atoms with Crippen LogP contribution in [0.2, 0.25) is 0 Å². The number of hydrogen-bond acceptors (Lipinski definition) is 3. The molecular formula is C21H31N3O3. The predicted molar refractivity (Wildman–Crippen MR) is 108 cm³/mol. The van der Waals surface area contributed by atoms with Gasteiger partial charge in [0, 0.05) is 19.6 Å². The largest absolute Gasteiger partial charge is 0.341 e. The molecule has 1 aromatic carbocycles. The van der Waals surface area contributed by atoms with Crippen molar-refractivity contribution in [2.45, 2.75) is 34.6 Å². The lowest BCUT2D eigenvalue weighted by molar-refractivity contribution is -0.132. The molecule has 1 aromatic rings. The van der Waals surface area contributed by atoms with E-state index in [4.69, 9.17) is 0 Å². The Morgan fingerprint density at radius 2 is 1.70 bits per heavy atom. The molecule has 2 rings (SSSR count). The molecule has 0 fully saturated rings. The normalized spacial score (nSPS) is 17.1. The van der Waals surface area contributed by atoms with E-state index in [0.29, 0.717) is 42.8 Å². The molecule has 6 nitrogen and oxygen atoms in total. The van der Waals surface area contributed by atoms with Crippen LogP contribution in [0.4, 0.5) is 11.4 Å². The van der Waals surface area contributed by atoms with Crippen LogP contribution in [0.3, 0.4) is 0 Å².